The SMILES string of the molecule is CCN(CC)S(=O)(=O)Nc1ccc(Br)nc1C. The van der Waals surface area contributed by atoms with Crippen LogP contribution in [0.5, 0.6) is 0 Å². The van der Waals surface area contributed by atoms with E-state index in [2.05, 4.69) is 25.6 Å². The zero-order valence-electron chi connectivity index (χ0n) is 10.1. The van der Waals surface area contributed by atoms with Gasteiger partial charge in [-0.3, -0.25) is 4.72 Å². The van der Waals surface area contributed by atoms with E-state index in [1.807, 2.05) is 0 Å². The van der Waals surface area contributed by atoms with Crippen molar-refractivity contribution in [3.63, 3.8) is 0 Å². The molecule has 1 N–H and O–H groups in total. The van der Waals surface area contributed by atoms with Crippen molar-refractivity contribution < 1.29 is 8.42 Å². The minimum atomic E-state index is -3.48. The smallest absolute Gasteiger partial charge is 0.269 e. The van der Waals surface area contributed by atoms with Crippen LogP contribution in [0.4, 0.5) is 5.69 Å². The monoisotopic (exact) mass is 321 g/mol. The summed E-state index contributed by atoms with van der Waals surface area (Å²) in [6.45, 7) is 6.24. The molecule has 17 heavy (non-hydrogen) atoms. The Hall–Kier alpha value is -0.660. The number of aromatic nitrogens is 1. The van der Waals surface area contributed by atoms with E-state index < -0.39 is 10.2 Å². The van der Waals surface area contributed by atoms with Gasteiger partial charge in [0, 0.05) is 13.1 Å². The lowest BCUT2D eigenvalue weighted by Crippen LogP contribution is -2.35. The normalized spacial score (nSPS) is 11.8. The van der Waals surface area contributed by atoms with Crippen molar-refractivity contribution in [1.82, 2.24) is 9.29 Å². The van der Waals surface area contributed by atoms with Gasteiger partial charge in [-0.2, -0.15) is 12.7 Å². The largest absolute Gasteiger partial charge is 0.301 e. The van der Waals surface area contributed by atoms with Gasteiger partial charge in [-0.15, -0.1) is 0 Å². The molecule has 0 saturated carbocycles. The highest BCUT2D eigenvalue weighted by atomic mass is 79.9. The number of rotatable bonds is 5. The van der Waals surface area contributed by atoms with E-state index in [0.29, 0.717) is 29.1 Å². The van der Waals surface area contributed by atoms with Crippen LogP contribution in [-0.4, -0.2) is 30.8 Å². The molecule has 0 radical (unpaired) electrons. The van der Waals surface area contributed by atoms with Gasteiger partial charge in [-0.05, 0) is 35.0 Å². The molecule has 1 aromatic rings. The first kappa shape index (κ1) is 14.4. The zero-order valence-corrected chi connectivity index (χ0v) is 12.5. The third-order valence-electron chi connectivity index (χ3n) is 2.34. The van der Waals surface area contributed by atoms with Crippen molar-refractivity contribution >= 4 is 31.8 Å². The number of hydrogen-bond acceptors (Lipinski definition) is 3. The number of aryl methyl sites for hydroxylation is 1. The average Bonchev–Trinajstić information content (AvgIpc) is 2.23. The van der Waals surface area contributed by atoms with Crippen LogP contribution in [-0.2, 0) is 10.2 Å². The summed E-state index contributed by atoms with van der Waals surface area (Å²) in [6, 6.07) is 3.39. The number of nitrogens with zero attached hydrogens (tertiary/aromatic N) is 2. The van der Waals surface area contributed by atoms with Gasteiger partial charge in [-0.1, -0.05) is 13.8 Å². The van der Waals surface area contributed by atoms with Gasteiger partial charge < -0.3 is 0 Å². The lowest BCUT2D eigenvalue weighted by atomic mass is 10.3. The number of anilines is 1. The van der Waals surface area contributed by atoms with Crippen LogP contribution in [0.25, 0.3) is 0 Å². The van der Waals surface area contributed by atoms with Gasteiger partial charge in [0.1, 0.15) is 4.60 Å². The maximum atomic E-state index is 12.0. The van der Waals surface area contributed by atoms with Crippen molar-refractivity contribution in [2.45, 2.75) is 20.8 Å². The Balaban J connectivity index is 2.98. The van der Waals surface area contributed by atoms with E-state index in [1.54, 1.807) is 32.9 Å². The molecule has 7 heteroatoms. The Morgan fingerprint density at radius 1 is 1.35 bits per heavy atom. The molecule has 0 aliphatic carbocycles. The van der Waals surface area contributed by atoms with Crippen LogP contribution < -0.4 is 4.72 Å². The first-order valence-electron chi connectivity index (χ1n) is 5.31. The van der Waals surface area contributed by atoms with E-state index in [-0.39, 0.29) is 0 Å². The summed E-state index contributed by atoms with van der Waals surface area (Å²) in [6.07, 6.45) is 0. The highest BCUT2D eigenvalue weighted by molar-refractivity contribution is 9.10. The third-order valence-corrected chi connectivity index (χ3v) is 4.45. The molecule has 5 nitrogen and oxygen atoms in total. The van der Waals surface area contributed by atoms with Gasteiger partial charge in [0.15, 0.2) is 0 Å². The molecule has 0 saturated heterocycles. The van der Waals surface area contributed by atoms with Crippen LogP contribution in [0.2, 0.25) is 0 Å². The Labute approximate surface area is 111 Å². The molecule has 0 amide bonds. The summed E-state index contributed by atoms with van der Waals surface area (Å²) in [4.78, 5) is 4.14. The molecular weight excluding hydrogens is 306 g/mol. The van der Waals surface area contributed by atoms with E-state index in [9.17, 15) is 8.42 Å². The van der Waals surface area contributed by atoms with E-state index >= 15 is 0 Å². The predicted octanol–water partition coefficient (Wildman–Crippen LogP) is 2.15. The second kappa shape index (κ2) is 5.79. The van der Waals surface area contributed by atoms with Crippen molar-refractivity contribution in [3.05, 3.63) is 22.4 Å². The van der Waals surface area contributed by atoms with Crippen LogP contribution in [0.1, 0.15) is 19.5 Å². The molecule has 0 aliphatic rings. The molecular formula is C10H16BrN3O2S. The van der Waals surface area contributed by atoms with Gasteiger partial charge >= 0.3 is 10.2 Å². The van der Waals surface area contributed by atoms with Crippen molar-refractivity contribution in [2.24, 2.45) is 0 Å². The summed E-state index contributed by atoms with van der Waals surface area (Å²) in [5.74, 6) is 0. The van der Waals surface area contributed by atoms with Crippen LogP contribution >= 0.6 is 15.9 Å². The zero-order chi connectivity index (χ0) is 13.1. The Morgan fingerprint density at radius 3 is 2.41 bits per heavy atom. The minimum Gasteiger partial charge on any atom is -0.269 e. The first-order chi connectivity index (χ1) is 7.90. The quantitative estimate of drug-likeness (QED) is 0.845. The lowest BCUT2D eigenvalue weighted by molar-refractivity contribution is 0.449. The average molecular weight is 322 g/mol. The summed E-state index contributed by atoms with van der Waals surface area (Å²) in [5.41, 5.74) is 1.13. The Kier molecular flexibility index (Phi) is 4.91. The molecule has 0 aliphatic heterocycles. The number of halogens is 1. The first-order valence-corrected chi connectivity index (χ1v) is 7.55. The molecule has 0 fully saturated rings. The van der Waals surface area contributed by atoms with E-state index in [4.69, 9.17) is 0 Å². The van der Waals surface area contributed by atoms with E-state index in [0.717, 1.165) is 0 Å². The van der Waals surface area contributed by atoms with Gasteiger partial charge in [-0.25, -0.2) is 4.98 Å². The second-order valence-electron chi connectivity index (χ2n) is 3.46. The highest BCUT2D eigenvalue weighted by Gasteiger charge is 2.19. The van der Waals surface area contributed by atoms with Gasteiger partial charge in [0.05, 0.1) is 11.4 Å². The van der Waals surface area contributed by atoms with Crippen molar-refractivity contribution in [1.29, 1.82) is 0 Å². The fourth-order valence-electron chi connectivity index (χ4n) is 1.41. The second-order valence-corrected chi connectivity index (χ2v) is 5.94. The van der Waals surface area contributed by atoms with E-state index in [1.165, 1.54) is 4.31 Å². The molecule has 0 bridgehead atoms. The summed E-state index contributed by atoms with van der Waals surface area (Å²) in [7, 11) is -3.48. The topological polar surface area (TPSA) is 62.3 Å². The van der Waals surface area contributed by atoms with Gasteiger partial charge in [0.25, 0.3) is 0 Å². The van der Waals surface area contributed by atoms with Crippen molar-refractivity contribution in [2.75, 3.05) is 17.8 Å². The molecule has 96 valence electrons. The molecule has 1 heterocycles. The fourth-order valence-corrected chi connectivity index (χ4v) is 3.11. The minimum absolute atomic E-state index is 0.439. The van der Waals surface area contributed by atoms with Crippen LogP contribution in [0.15, 0.2) is 16.7 Å². The van der Waals surface area contributed by atoms with Crippen LogP contribution in [0.3, 0.4) is 0 Å². The molecule has 1 rings (SSSR count). The maximum absolute atomic E-state index is 12.0. The van der Waals surface area contributed by atoms with Gasteiger partial charge in [0.2, 0.25) is 0 Å². The molecule has 0 aromatic carbocycles. The molecule has 0 spiro atoms. The van der Waals surface area contributed by atoms with Crippen molar-refractivity contribution in [3.8, 4) is 0 Å². The molecule has 0 atom stereocenters. The maximum Gasteiger partial charge on any atom is 0.301 e. The Morgan fingerprint density at radius 2 is 1.94 bits per heavy atom. The third kappa shape index (κ3) is 3.65. The number of pyridine rings is 1. The standard InChI is InChI=1S/C10H16BrN3O2S/c1-4-14(5-2)17(15,16)13-9-6-7-10(11)12-8(9)3/h6-7,13H,4-5H2,1-3H3. The summed E-state index contributed by atoms with van der Waals surface area (Å²) >= 11 is 3.23. The number of nitrogens with one attached hydrogen (secondary N) is 1. The predicted molar refractivity (Wildman–Crippen MR) is 72.1 cm³/mol. The summed E-state index contributed by atoms with van der Waals surface area (Å²) < 4.78 is 28.5. The lowest BCUT2D eigenvalue weighted by Gasteiger charge is -2.20. The van der Waals surface area contributed by atoms with Crippen LogP contribution in [0, 0.1) is 6.92 Å². The highest BCUT2D eigenvalue weighted by Crippen LogP contribution is 2.18. The fraction of sp³-hybridized carbons (Fsp3) is 0.500. The summed E-state index contributed by atoms with van der Waals surface area (Å²) in [5, 5.41) is 0. The molecule has 1 aromatic heterocycles. The Bertz CT molecular complexity index is 486. The number of hydrogen-bond donors (Lipinski definition) is 1. The molecule has 0 unspecified atom stereocenters.